The van der Waals surface area contributed by atoms with Crippen LogP contribution < -0.4 is 9.64 Å². The summed E-state index contributed by atoms with van der Waals surface area (Å²) in [6.07, 6.45) is -0.466. The summed E-state index contributed by atoms with van der Waals surface area (Å²) in [5.41, 5.74) is 2.96. The molecule has 0 bridgehead atoms. The molecule has 6 heteroatoms. The number of carbonyl (C=O) groups excluding carboxylic acids is 2. The number of hydrogen-bond donors (Lipinski definition) is 0. The van der Waals surface area contributed by atoms with Gasteiger partial charge in [0.2, 0.25) is 5.91 Å². The van der Waals surface area contributed by atoms with E-state index in [0.717, 1.165) is 27.5 Å². The van der Waals surface area contributed by atoms with Crippen LogP contribution >= 0.6 is 0 Å². The highest BCUT2D eigenvalue weighted by atomic mass is 16.6. The SMILES string of the molecule is CC(=O)O[C@@H](COc1ccc(N(C)C(C)=O)cc1)Cn1c2ccccc2c2ccccc21. The number of rotatable bonds is 7. The number of hydrogen-bond acceptors (Lipinski definition) is 4. The Morgan fingerprint density at radius 2 is 1.44 bits per heavy atom. The molecular formula is C26H26N2O4. The summed E-state index contributed by atoms with van der Waals surface area (Å²) < 4.78 is 13.7. The molecule has 3 aromatic carbocycles. The first-order valence-corrected chi connectivity index (χ1v) is 10.5. The number of anilines is 1. The molecule has 0 spiro atoms. The predicted molar refractivity (Wildman–Crippen MR) is 126 cm³/mol. The minimum Gasteiger partial charge on any atom is -0.490 e. The van der Waals surface area contributed by atoms with Crippen LogP contribution in [0.4, 0.5) is 5.69 Å². The minimum absolute atomic E-state index is 0.0419. The summed E-state index contributed by atoms with van der Waals surface area (Å²) in [6, 6.07) is 23.7. The molecule has 0 saturated heterocycles. The number of amides is 1. The Balaban J connectivity index is 1.56. The highest BCUT2D eigenvalue weighted by molar-refractivity contribution is 6.07. The van der Waals surface area contributed by atoms with Crippen molar-refractivity contribution in [3.8, 4) is 5.75 Å². The number of ether oxygens (including phenoxy) is 2. The van der Waals surface area contributed by atoms with Gasteiger partial charge in [0.05, 0.1) is 6.54 Å². The van der Waals surface area contributed by atoms with Crippen LogP contribution in [0.2, 0.25) is 0 Å². The summed E-state index contributed by atoms with van der Waals surface area (Å²) in [6.45, 7) is 3.61. The largest absolute Gasteiger partial charge is 0.490 e. The molecular weight excluding hydrogens is 404 g/mol. The van der Waals surface area contributed by atoms with Crippen molar-refractivity contribution in [2.75, 3.05) is 18.6 Å². The molecule has 0 fully saturated rings. The van der Waals surface area contributed by atoms with Crippen molar-refractivity contribution >= 4 is 39.4 Å². The van der Waals surface area contributed by atoms with Crippen LogP contribution in [0.3, 0.4) is 0 Å². The summed E-state index contributed by atoms with van der Waals surface area (Å²) in [5, 5.41) is 2.33. The Morgan fingerprint density at radius 3 is 1.97 bits per heavy atom. The number of aromatic nitrogens is 1. The Labute approximate surface area is 187 Å². The van der Waals surface area contributed by atoms with Gasteiger partial charge in [-0.15, -0.1) is 0 Å². The van der Waals surface area contributed by atoms with Crippen LogP contribution in [0.1, 0.15) is 13.8 Å². The van der Waals surface area contributed by atoms with Gasteiger partial charge >= 0.3 is 5.97 Å². The van der Waals surface area contributed by atoms with Crippen LogP contribution in [-0.2, 0) is 20.9 Å². The van der Waals surface area contributed by atoms with Crippen molar-refractivity contribution in [1.29, 1.82) is 0 Å². The molecule has 0 radical (unpaired) electrons. The maximum Gasteiger partial charge on any atom is 0.303 e. The molecule has 1 aromatic heterocycles. The normalized spacial score (nSPS) is 12.0. The smallest absolute Gasteiger partial charge is 0.303 e. The molecule has 4 aromatic rings. The topological polar surface area (TPSA) is 60.8 Å². The molecule has 32 heavy (non-hydrogen) atoms. The Morgan fingerprint density at radius 1 is 0.875 bits per heavy atom. The lowest BCUT2D eigenvalue weighted by atomic mass is 10.2. The zero-order chi connectivity index (χ0) is 22.7. The molecule has 6 nitrogen and oxygen atoms in total. The third-order valence-corrected chi connectivity index (χ3v) is 5.53. The molecule has 0 unspecified atom stereocenters. The quantitative estimate of drug-likeness (QED) is 0.396. The first-order valence-electron chi connectivity index (χ1n) is 10.5. The number of carbonyl (C=O) groups is 2. The first-order chi connectivity index (χ1) is 15.4. The van der Waals surface area contributed by atoms with E-state index in [-0.39, 0.29) is 18.5 Å². The van der Waals surface area contributed by atoms with Gasteiger partial charge in [-0.2, -0.15) is 0 Å². The van der Waals surface area contributed by atoms with Crippen LogP contribution in [0.15, 0.2) is 72.8 Å². The molecule has 0 saturated carbocycles. The number of fused-ring (bicyclic) bond motifs is 3. The lowest BCUT2D eigenvalue weighted by Crippen LogP contribution is -2.29. The van der Waals surface area contributed by atoms with E-state index in [1.54, 1.807) is 24.1 Å². The van der Waals surface area contributed by atoms with Gasteiger partial charge in [0.1, 0.15) is 12.4 Å². The predicted octanol–water partition coefficient (Wildman–Crippen LogP) is 4.79. The minimum atomic E-state index is -0.466. The van der Waals surface area contributed by atoms with Gasteiger partial charge in [-0.05, 0) is 36.4 Å². The molecule has 1 atom stereocenters. The van der Waals surface area contributed by atoms with Crippen molar-refractivity contribution < 1.29 is 19.1 Å². The number of esters is 1. The standard InChI is InChI=1S/C26H26N2O4/c1-18(29)27(3)20-12-14-21(15-13-20)31-17-22(32-19(2)30)16-28-25-10-6-4-8-23(25)24-9-5-7-11-26(24)28/h4-15,22H,16-17H2,1-3H3/t22-/m1/s1. The maximum atomic E-state index is 11.8. The molecule has 0 aliphatic rings. The van der Waals surface area contributed by atoms with E-state index >= 15 is 0 Å². The van der Waals surface area contributed by atoms with Crippen molar-refractivity contribution in [2.24, 2.45) is 0 Å². The third-order valence-electron chi connectivity index (χ3n) is 5.53. The Bertz CT molecular complexity index is 1210. The second-order valence-electron chi connectivity index (χ2n) is 7.76. The van der Waals surface area contributed by atoms with Gasteiger partial charge < -0.3 is 18.9 Å². The van der Waals surface area contributed by atoms with Gasteiger partial charge in [-0.25, -0.2) is 0 Å². The van der Waals surface area contributed by atoms with Crippen molar-refractivity contribution in [1.82, 2.24) is 4.57 Å². The summed E-state index contributed by atoms with van der Waals surface area (Å²) in [4.78, 5) is 24.9. The highest BCUT2D eigenvalue weighted by Crippen LogP contribution is 2.29. The molecule has 164 valence electrons. The lowest BCUT2D eigenvalue weighted by molar-refractivity contribution is -0.148. The summed E-state index contributed by atoms with van der Waals surface area (Å²) in [7, 11) is 1.72. The monoisotopic (exact) mass is 430 g/mol. The van der Waals surface area contributed by atoms with Gasteiger partial charge in [-0.3, -0.25) is 9.59 Å². The average Bonchev–Trinajstić information content (AvgIpc) is 3.11. The van der Waals surface area contributed by atoms with Gasteiger partial charge in [0.15, 0.2) is 6.10 Å². The lowest BCUT2D eigenvalue weighted by Gasteiger charge is -2.20. The van der Waals surface area contributed by atoms with E-state index < -0.39 is 6.10 Å². The number of nitrogens with zero attached hydrogens (tertiary/aromatic N) is 2. The Kier molecular flexibility index (Phi) is 6.12. The fourth-order valence-corrected chi connectivity index (χ4v) is 3.90. The second-order valence-corrected chi connectivity index (χ2v) is 7.76. The Hall–Kier alpha value is -3.80. The fourth-order valence-electron chi connectivity index (χ4n) is 3.90. The molecule has 0 aliphatic carbocycles. The molecule has 4 rings (SSSR count). The number of benzene rings is 3. The van der Waals surface area contributed by atoms with Crippen molar-refractivity contribution in [2.45, 2.75) is 26.5 Å². The zero-order valence-electron chi connectivity index (χ0n) is 18.4. The number of para-hydroxylation sites is 2. The highest BCUT2D eigenvalue weighted by Gasteiger charge is 2.18. The molecule has 1 amide bonds. The van der Waals surface area contributed by atoms with E-state index in [1.165, 1.54) is 13.8 Å². The van der Waals surface area contributed by atoms with E-state index in [1.807, 2.05) is 36.4 Å². The van der Waals surface area contributed by atoms with Gasteiger partial charge in [-0.1, -0.05) is 36.4 Å². The van der Waals surface area contributed by atoms with E-state index in [9.17, 15) is 9.59 Å². The molecule has 0 N–H and O–H groups in total. The second kappa shape index (κ2) is 9.14. The van der Waals surface area contributed by atoms with Crippen LogP contribution in [-0.4, -0.2) is 36.2 Å². The summed E-state index contributed by atoms with van der Waals surface area (Å²) in [5.74, 6) is 0.252. The maximum absolute atomic E-state index is 11.8. The van der Waals surface area contributed by atoms with Crippen molar-refractivity contribution in [3.63, 3.8) is 0 Å². The third kappa shape index (κ3) is 4.44. The van der Waals surface area contributed by atoms with Crippen LogP contribution in [0, 0.1) is 0 Å². The first kappa shape index (κ1) is 21.4. The van der Waals surface area contributed by atoms with Gasteiger partial charge in [0.25, 0.3) is 0 Å². The van der Waals surface area contributed by atoms with E-state index in [0.29, 0.717) is 12.3 Å². The van der Waals surface area contributed by atoms with Crippen molar-refractivity contribution in [3.05, 3.63) is 72.8 Å². The molecule has 0 aliphatic heterocycles. The zero-order valence-corrected chi connectivity index (χ0v) is 18.4. The van der Waals surface area contributed by atoms with Crippen LogP contribution in [0.5, 0.6) is 5.75 Å². The van der Waals surface area contributed by atoms with E-state index in [2.05, 4.69) is 28.8 Å². The van der Waals surface area contributed by atoms with Crippen LogP contribution in [0.25, 0.3) is 21.8 Å². The molecule has 1 heterocycles. The summed E-state index contributed by atoms with van der Waals surface area (Å²) >= 11 is 0. The average molecular weight is 431 g/mol. The van der Waals surface area contributed by atoms with Gasteiger partial charge in [0, 0.05) is 48.4 Å². The van der Waals surface area contributed by atoms with E-state index in [4.69, 9.17) is 9.47 Å². The fraction of sp³-hybridized carbons (Fsp3) is 0.231.